The van der Waals surface area contributed by atoms with Gasteiger partial charge in [0.2, 0.25) is 0 Å². The molecule has 0 radical (unpaired) electrons. The molecule has 0 amide bonds. The summed E-state index contributed by atoms with van der Waals surface area (Å²) in [5.74, 6) is 0. The summed E-state index contributed by atoms with van der Waals surface area (Å²) < 4.78 is 58.0. The quantitative estimate of drug-likeness (QED) is 0.743. The van der Waals surface area contributed by atoms with Crippen molar-refractivity contribution >= 4 is 31.3 Å². The van der Waals surface area contributed by atoms with E-state index < -0.39 is 31.0 Å². The molecule has 0 bridgehead atoms. The highest BCUT2D eigenvalue weighted by molar-refractivity contribution is 8.13. The van der Waals surface area contributed by atoms with Gasteiger partial charge in [-0.25, -0.2) is 13.4 Å². The number of hydrogen-bond donors (Lipinski definition) is 0. The van der Waals surface area contributed by atoms with Crippen molar-refractivity contribution in [3.05, 3.63) is 22.8 Å². The van der Waals surface area contributed by atoms with E-state index in [-0.39, 0.29) is 0 Å². The molecule has 84 valence electrons. The molecule has 0 aliphatic heterocycles. The Hall–Kier alpha value is -0.530. The first-order valence-corrected chi connectivity index (χ1v) is 5.99. The van der Waals surface area contributed by atoms with Crippen LogP contribution in [0.2, 0.25) is 5.02 Å². The molecule has 1 aromatic heterocycles. The Labute approximate surface area is 92.2 Å². The predicted molar refractivity (Wildman–Crippen MR) is 47.3 cm³/mol. The highest BCUT2D eigenvalue weighted by Crippen LogP contribution is 2.31. The minimum Gasteiger partial charge on any atom is -0.230 e. The van der Waals surface area contributed by atoms with Crippen LogP contribution in [-0.4, -0.2) is 13.4 Å². The molecule has 0 atom stereocenters. The van der Waals surface area contributed by atoms with Crippen molar-refractivity contribution in [1.29, 1.82) is 0 Å². The third-order valence-corrected chi connectivity index (χ3v) is 2.71. The van der Waals surface area contributed by atoms with Gasteiger partial charge in [0.05, 0.1) is 0 Å². The van der Waals surface area contributed by atoms with Crippen LogP contribution in [0.15, 0.2) is 17.2 Å². The van der Waals surface area contributed by atoms with Crippen molar-refractivity contribution in [2.45, 2.75) is 11.2 Å². The molecule has 0 unspecified atom stereocenters. The van der Waals surface area contributed by atoms with Gasteiger partial charge in [-0.2, -0.15) is 13.2 Å². The first-order chi connectivity index (χ1) is 6.60. The predicted octanol–water partition coefficient (Wildman–Crippen LogP) is 2.68. The van der Waals surface area contributed by atoms with E-state index in [0.717, 1.165) is 6.07 Å². The third kappa shape index (κ3) is 3.22. The molecule has 15 heavy (non-hydrogen) atoms. The summed E-state index contributed by atoms with van der Waals surface area (Å²) in [6.07, 6.45) is -4.78. The van der Waals surface area contributed by atoms with Crippen LogP contribution in [0.5, 0.6) is 0 Å². The summed E-state index contributed by atoms with van der Waals surface area (Å²) in [7, 11) is 0.505. The monoisotopic (exact) mass is 279 g/mol. The summed E-state index contributed by atoms with van der Waals surface area (Å²) >= 11 is 5.30. The number of halogens is 5. The average molecular weight is 280 g/mol. The van der Waals surface area contributed by atoms with E-state index in [1.807, 2.05) is 0 Å². The molecule has 0 fully saturated rings. The fourth-order valence-corrected chi connectivity index (χ4v) is 1.73. The number of rotatable bonds is 1. The minimum atomic E-state index is -4.78. The fourth-order valence-electron chi connectivity index (χ4n) is 0.744. The van der Waals surface area contributed by atoms with Crippen molar-refractivity contribution < 1.29 is 21.6 Å². The first-order valence-electron chi connectivity index (χ1n) is 3.30. The van der Waals surface area contributed by atoms with E-state index in [1.165, 1.54) is 0 Å². The topological polar surface area (TPSA) is 47.0 Å². The maximum Gasteiger partial charge on any atom is 0.433 e. The highest BCUT2D eigenvalue weighted by atomic mass is 35.7. The van der Waals surface area contributed by atoms with Crippen molar-refractivity contribution in [1.82, 2.24) is 4.98 Å². The molecule has 0 spiro atoms. The normalized spacial score (nSPS) is 12.9. The van der Waals surface area contributed by atoms with E-state index in [2.05, 4.69) is 4.98 Å². The molecule has 1 rings (SSSR count). The van der Waals surface area contributed by atoms with Crippen LogP contribution in [0.25, 0.3) is 0 Å². The van der Waals surface area contributed by atoms with Crippen LogP contribution in [0.1, 0.15) is 5.69 Å². The van der Waals surface area contributed by atoms with Crippen molar-refractivity contribution in [2.75, 3.05) is 0 Å². The van der Waals surface area contributed by atoms with Gasteiger partial charge in [-0.1, -0.05) is 11.6 Å². The lowest BCUT2D eigenvalue weighted by molar-refractivity contribution is -0.141. The molecule has 3 nitrogen and oxygen atoms in total. The smallest absolute Gasteiger partial charge is 0.230 e. The number of aromatic nitrogens is 1. The van der Waals surface area contributed by atoms with E-state index >= 15 is 0 Å². The third-order valence-electron chi connectivity index (χ3n) is 1.31. The van der Waals surface area contributed by atoms with Crippen LogP contribution in [0.4, 0.5) is 13.2 Å². The standard InChI is InChI=1S/C6H2Cl2F3NO2S/c7-3-1-4(6(9,10)11)12-5(2-3)15(8,13)14/h1-2H. The Balaban J connectivity index is 3.43. The summed E-state index contributed by atoms with van der Waals surface area (Å²) in [5, 5.41) is -1.33. The van der Waals surface area contributed by atoms with Crippen LogP contribution >= 0.6 is 22.3 Å². The van der Waals surface area contributed by atoms with Crippen molar-refractivity contribution in [2.24, 2.45) is 0 Å². The van der Waals surface area contributed by atoms with Crippen molar-refractivity contribution in [3.8, 4) is 0 Å². The summed E-state index contributed by atoms with van der Waals surface area (Å²) in [4.78, 5) is 2.85. The molecular formula is C6H2Cl2F3NO2S. The molecule has 0 saturated carbocycles. The Bertz CT molecular complexity index is 486. The summed E-state index contributed by atoms with van der Waals surface area (Å²) in [6, 6.07) is 1.24. The molecule has 1 aromatic rings. The van der Waals surface area contributed by atoms with E-state index in [1.54, 1.807) is 0 Å². The second-order valence-corrected chi connectivity index (χ2v) is 5.39. The Morgan fingerprint density at radius 3 is 2.20 bits per heavy atom. The summed E-state index contributed by atoms with van der Waals surface area (Å²) in [5.41, 5.74) is -1.41. The zero-order valence-corrected chi connectivity index (χ0v) is 9.04. The Morgan fingerprint density at radius 2 is 1.80 bits per heavy atom. The molecule has 0 aromatic carbocycles. The largest absolute Gasteiger partial charge is 0.433 e. The zero-order valence-electron chi connectivity index (χ0n) is 6.72. The lowest BCUT2D eigenvalue weighted by atomic mass is 10.3. The van der Waals surface area contributed by atoms with Crippen LogP contribution in [0.3, 0.4) is 0 Å². The molecule has 9 heteroatoms. The second-order valence-electron chi connectivity index (χ2n) is 2.44. The molecule has 0 aliphatic carbocycles. The maximum atomic E-state index is 12.2. The van der Waals surface area contributed by atoms with Gasteiger partial charge in [-0.3, -0.25) is 0 Å². The van der Waals surface area contributed by atoms with Crippen molar-refractivity contribution in [3.63, 3.8) is 0 Å². The number of pyridine rings is 1. The molecule has 0 N–H and O–H groups in total. The van der Waals surface area contributed by atoms with Crippen LogP contribution in [-0.2, 0) is 15.2 Å². The van der Waals surface area contributed by atoms with E-state index in [0.29, 0.717) is 6.07 Å². The van der Waals surface area contributed by atoms with Gasteiger partial charge in [0.25, 0.3) is 9.05 Å². The number of hydrogen-bond acceptors (Lipinski definition) is 3. The SMILES string of the molecule is O=S(=O)(Cl)c1cc(Cl)cc(C(F)(F)F)n1. The summed E-state index contributed by atoms with van der Waals surface area (Å²) in [6.45, 7) is 0. The van der Waals surface area contributed by atoms with Gasteiger partial charge in [0.15, 0.2) is 5.03 Å². The fraction of sp³-hybridized carbons (Fsp3) is 0.167. The van der Waals surface area contributed by atoms with Gasteiger partial charge in [0, 0.05) is 15.7 Å². The lowest BCUT2D eigenvalue weighted by Crippen LogP contribution is -2.10. The lowest BCUT2D eigenvalue weighted by Gasteiger charge is -2.06. The number of nitrogens with zero attached hydrogens (tertiary/aromatic N) is 1. The first kappa shape index (κ1) is 12.5. The Kier molecular flexibility index (Phi) is 3.18. The van der Waals surface area contributed by atoms with Gasteiger partial charge in [0.1, 0.15) is 5.69 Å². The molecule has 0 aliphatic rings. The van der Waals surface area contributed by atoms with Gasteiger partial charge in [-0.15, -0.1) is 0 Å². The maximum absolute atomic E-state index is 12.2. The molecular weight excluding hydrogens is 278 g/mol. The van der Waals surface area contributed by atoms with Gasteiger partial charge < -0.3 is 0 Å². The van der Waals surface area contributed by atoms with E-state index in [9.17, 15) is 21.6 Å². The average Bonchev–Trinajstić information content (AvgIpc) is 1.99. The zero-order chi connectivity index (χ0) is 11.9. The van der Waals surface area contributed by atoms with E-state index in [4.69, 9.17) is 22.3 Å². The molecule has 0 saturated heterocycles. The highest BCUT2D eigenvalue weighted by Gasteiger charge is 2.34. The number of alkyl halides is 3. The Morgan fingerprint density at radius 1 is 1.27 bits per heavy atom. The van der Waals surface area contributed by atoms with Crippen LogP contribution in [0, 0.1) is 0 Å². The molecule has 1 heterocycles. The second kappa shape index (κ2) is 3.80. The minimum absolute atomic E-state index is 0.406. The van der Waals surface area contributed by atoms with Gasteiger partial charge in [-0.05, 0) is 12.1 Å². The van der Waals surface area contributed by atoms with Crippen LogP contribution < -0.4 is 0 Å². The van der Waals surface area contributed by atoms with Gasteiger partial charge >= 0.3 is 6.18 Å².